The number of fused-ring (bicyclic) bond motifs is 14. The minimum Gasteiger partial charge on any atom is -0.310 e. The molecule has 0 atom stereocenters. The Morgan fingerprint density at radius 2 is 0.942 bits per heavy atom. The summed E-state index contributed by atoms with van der Waals surface area (Å²) in [6, 6.07) is 33.7. The minimum atomic E-state index is -0.114. The molecule has 256 valence electrons. The molecule has 2 aliphatic heterocycles. The Balaban J connectivity index is 1.39. The highest BCUT2D eigenvalue weighted by Crippen LogP contribution is 2.57. The molecule has 0 saturated heterocycles. The van der Waals surface area contributed by atoms with Crippen molar-refractivity contribution in [1.82, 2.24) is 9.13 Å². The maximum Gasteiger partial charge on any atom is 0.252 e. The van der Waals surface area contributed by atoms with Gasteiger partial charge in [-0.25, -0.2) is 0 Å². The first-order chi connectivity index (χ1) is 24.5. The predicted octanol–water partition coefficient (Wildman–Crippen LogP) is 10.2. The van der Waals surface area contributed by atoms with E-state index < -0.39 is 0 Å². The predicted molar refractivity (Wildman–Crippen MR) is 222 cm³/mol. The lowest BCUT2D eigenvalue weighted by atomic mass is 9.33. The summed E-state index contributed by atoms with van der Waals surface area (Å²) in [5, 5.41) is 2.85. The summed E-state index contributed by atoms with van der Waals surface area (Å²) in [5.41, 5.74) is 25.1. The van der Waals surface area contributed by atoms with Gasteiger partial charge < -0.3 is 9.13 Å². The van der Waals surface area contributed by atoms with Crippen LogP contribution < -0.4 is 16.4 Å². The Hall–Kier alpha value is -4.76. The summed E-state index contributed by atoms with van der Waals surface area (Å²) in [6.07, 6.45) is 0. The van der Waals surface area contributed by atoms with Gasteiger partial charge in [-0.1, -0.05) is 130 Å². The topological polar surface area (TPSA) is 9.86 Å². The molecule has 0 amide bonds. The van der Waals surface area contributed by atoms with Crippen LogP contribution in [-0.4, -0.2) is 15.8 Å². The molecule has 0 spiro atoms. The van der Waals surface area contributed by atoms with Crippen molar-refractivity contribution >= 4 is 44.9 Å². The highest BCUT2D eigenvalue weighted by atomic mass is 15.1. The molecule has 2 nitrogen and oxygen atoms in total. The quantitative estimate of drug-likeness (QED) is 0.142. The number of rotatable bonds is 0. The lowest BCUT2D eigenvalue weighted by Gasteiger charge is -2.36. The van der Waals surface area contributed by atoms with Crippen LogP contribution in [0.4, 0.5) is 0 Å². The van der Waals surface area contributed by atoms with Crippen LogP contribution in [0.1, 0.15) is 108 Å². The molecule has 0 bridgehead atoms. The fraction of sp³-hybridized carbons (Fsp3) is 0.306. The number of aromatic nitrogens is 2. The molecule has 5 aromatic carbocycles. The molecular weight excluding hydrogens is 627 g/mol. The minimum absolute atomic E-state index is 0.00196. The van der Waals surface area contributed by atoms with Gasteiger partial charge in [0.15, 0.2) is 0 Å². The Labute approximate surface area is 308 Å². The zero-order valence-electron chi connectivity index (χ0n) is 32.6. The molecular formula is C49H47BN2. The summed E-state index contributed by atoms with van der Waals surface area (Å²) >= 11 is 0. The van der Waals surface area contributed by atoms with Crippen LogP contribution in [0.2, 0.25) is 0 Å². The van der Waals surface area contributed by atoms with Gasteiger partial charge in [-0.2, -0.15) is 0 Å². The monoisotopic (exact) mass is 674 g/mol. The van der Waals surface area contributed by atoms with Crippen molar-refractivity contribution in [3.63, 3.8) is 0 Å². The molecule has 0 unspecified atom stereocenters. The van der Waals surface area contributed by atoms with E-state index in [0.29, 0.717) is 0 Å². The molecule has 0 N–H and O–H groups in total. The van der Waals surface area contributed by atoms with Crippen LogP contribution in [0.25, 0.3) is 55.7 Å². The first kappa shape index (κ1) is 30.8. The SMILES string of the molecule is Cc1cc2c3c(c1)-n1c4c(c5cc(C(C)(C)C)cc(c51)B3c1cc(C(C)(C)C)cc3c5c(n-2c13)-c1ccccc1C5(C)C)C(C)(C)c1ccccc1-4. The second-order valence-electron chi connectivity index (χ2n) is 19.5. The normalized spacial score (nSPS) is 16.6. The van der Waals surface area contributed by atoms with E-state index in [1.165, 1.54) is 111 Å². The lowest BCUT2D eigenvalue weighted by Crippen LogP contribution is -2.60. The van der Waals surface area contributed by atoms with E-state index in [0.717, 1.165) is 0 Å². The van der Waals surface area contributed by atoms with E-state index in [-0.39, 0.29) is 28.4 Å². The summed E-state index contributed by atoms with van der Waals surface area (Å²) < 4.78 is 5.42. The van der Waals surface area contributed by atoms with Crippen molar-refractivity contribution in [2.75, 3.05) is 0 Å². The van der Waals surface area contributed by atoms with Crippen LogP contribution in [0.5, 0.6) is 0 Å². The van der Waals surface area contributed by atoms with Gasteiger partial charge in [0.05, 0.1) is 11.4 Å². The third-order valence-electron chi connectivity index (χ3n) is 13.6. The van der Waals surface area contributed by atoms with Crippen molar-refractivity contribution in [3.8, 4) is 33.9 Å². The van der Waals surface area contributed by atoms with Gasteiger partial charge in [0.25, 0.3) is 6.71 Å². The summed E-state index contributed by atoms with van der Waals surface area (Å²) in [5.74, 6) is 0. The average Bonchev–Trinajstić information content (AvgIpc) is 3.75. The van der Waals surface area contributed by atoms with Crippen LogP contribution in [0.3, 0.4) is 0 Å². The fourth-order valence-corrected chi connectivity index (χ4v) is 11.1. The fourth-order valence-electron chi connectivity index (χ4n) is 11.1. The molecule has 11 rings (SSSR count). The zero-order chi connectivity index (χ0) is 36.2. The molecule has 0 radical (unpaired) electrons. The van der Waals surface area contributed by atoms with Crippen molar-refractivity contribution in [1.29, 1.82) is 0 Å². The Kier molecular flexibility index (Phi) is 5.37. The summed E-state index contributed by atoms with van der Waals surface area (Å²) in [7, 11) is 0. The highest BCUT2D eigenvalue weighted by molar-refractivity contribution is 7.00. The van der Waals surface area contributed by atoms with Gasteiger partial charge >= 0.3 is 0 Å². The van der Waals surface area contributed by atoms with E-state index in [9.17, 15) is 0 Å². The summed E-state index contributed by atoms with van der Waals surface area (Å²) in [4.78, 5) is 0. The van der Waals surface area contributed by atoms with E-state index in [1.54, 1.807) is 0 Å². The van der Waals surface area contributed by atoms with Gasteiger partial charge in [-0.3, -0.25) is 0 Å². The van der Waals surface area contributed by atoms with Crippen molar-refractivity contribution < 1.29 is 0 Å². The van der Waals surface area contributed by atoms with E-state index in [4.69, 9.17) is 0 Å². The molecule has 3 heteroatoms. The van der Waals surface area contributed by atoms with Crippen molar-refractivity contribution in [3.05, 3.63) is 124 Å². The molecule has 2 aliphatic carbocycles. The largest absolute Gasteiger partial charge is 0.310 e. The summed E-state index contributed by atoms with van der Waals surface area (Å²) in [6.45, 7) is 26.6. The number of nitrogens with zero attached hydrogens (tertiary/aromatic N) is 2. The highest BCUT2D eigenvalue weighted by Gasteiger charge is 2.49. The molecule has 0 fully saturated rings. The molecule has 52 heavy (non-hydrogen) atoms. The molecule has 4 heterocycles. The van der Waals surface area contributed by atoms with E-state index in [2.05, 4.69) is 170 Å². The Morgan fingerprint density at radius 1 is 0.538 bits per heavy atom. The third kappa shape index (κ3) is 3.41. The van der Waals surface area contributed by atoms with Gasteiger partial charge in [-0.15, -0.1) is 0 Å². The first-order valence-electron chi connectivity index (χ1n) is 19.3. The Morgan fingerprint density at radius 3 is 1.35 bits per heavy atom. The zero-order valence-corrected chi connectivity index (χ0v) is 32.6. The van der Waals surface area contributed by atoms with Gasteiger partial charge in [0.2, 0.25) is 0 Å². The number of benzene rings is 5. The Bertz CT molecular complexity index is 2630. The second kappa shape index (κ2) is 9.06. The van der Waals surface area contributed by atoms with Crippen LogP contribution in [0.15, 0.2) is 84.9 Å². The maximum atomic E-state index is 2.71. The second-order valence-corrected chi connectivity index (χ2v) is 19.5. The molecule has 7 aromatic rings. The van der Waals surface area contributed by atoms with Gasteiger partial charge in [-0.05, 0) is 97.4 Å². The van der Waals surface area contributed by atoms with E-state index >= 15 is 0 Å². The first-order valence-corrected chi connectivity index (χ1v) is 19.3. The van der Waals surface area contributed by atoms with Crippen molar-refractivity contribution in [2.24, 2.45) is 0 Å². The average molecular weight is 675 g/mol. The number of hydrogen-bond acceptors (Lipinski definition) is 0. The number of hydrogen-bond donors (Lipinski definition) is 0. The molecule has 4 aliphatic rings. The smallest absolute Gasteiger partial charge is 0.252 e. The van der Waals surface area contributed by atoms with Crippen LogP contribution >= 0.6 is 0 Å². The molecule has 2 aromatic heterocycles. The van der Waals surface area contributed by atoms with Crippen LogP contribution in [0, 0.1) is 6.92 Å². The maximum absolute atomic E-state index is 2.71. The van der Waals surface area contributed by atoms with E-state index in [1.807, 2.05) is 0 Å². The van der Waals surface area contributed by atoms with Crippen LogP contribution in [-0.2, 0) is 21.7 Å². The van der Waals surface area contributed by atoms with Gasteiger partial charge in [0.1, 0.15) is 0 Å². The molecule has 0 saturated carbocycles. The lowest BCUT2D eigenvalue weighted by molar-refractivity contribution is 0.591. The van der Waals surface area contributed by atoms with Gasteiger partial charge in [0, 0.05) is 55.1 Å². The third-order valence-corrected chi connectivity index (χ3v) is 13.6. The number of aryl methyl sites for hydroxylation is 1. The van der Waals surface area contributed by atoms with Crippen molar-refractivity contribution in [2.45, 2.75) is 97.8 Å². The standard InChI is InChI=1S/C49H47BN2/c1-26-20-37-41-38(21-26)52-43-32(40-45(52)30-17-13-15-19-34(30)49(40,10)11)23-28(47(5,6)7)25-36(43)50(41)35-24-27(46(2,3)4)22-31-39-44(51(37)42(31)35)29-16-12-14-18-33(29)48(39,8)9/h12-25H,1-11H3.